The smallest absolute Gasteiger partial charge is 0.246 e. The molecule has 2 fully saturated rings. The van der Waals surface area contributed by atoms with Crippen LogP contribution in [0.15, 0.2) is 22.6 Å². The lowest BCUT2D eigenvalue weighted by Crippen LogP contribution is -2.41. The Morgan fingerprint density at radius 2 is 2.19 bits per heavy atom. The van der Waals surface area contributed by atoms with E-state index >= 15 is 0 Å². The Morgan fingerprint density at radius 3 is 2.81 bits per heavy atom. The van der Waals surface area contributed by atoms with E-state index in [2.05, 4.69) is 6.92 Å². The first-order chi connectivity index (χ1) is 12.4. The number of amides is 1. The van der Waals surface area contributed by atoms with Crippen molar-refractivity contribution in [2.45, 2.75) is 38.1 Å². The molecule has 0 N–H and O–H groups in total. The second kappa shape index (κ2) is 7.96. The molecule has 1 aromatic heterocycles. The summed E-state index contributed by atoms with van der Waals surface area (Å²) >= 11 is 0. The molecule has 7 heteroatoms. The quantitative estimate of drug-likeness (QED) is 0.511. The van der Waals surface area contributed by atoms with Gasteiger partial charge in [-0.2, -0.15) is 0 Å². The lowest BCUT2D eigenvalue weighted by molar-refractivity contribution is -0.127. The lowest BCUT2D eigenvalue weighted by atomic mass is 10.2. The van der Waals surface area contributed by atoms with E-state index < -0.39 is 9.84 Å². The molecule has 0 aromatic carbocycles. The van der Waals surface area contributed by atoms with Crippen LogP contribution in [0.2, 0.25) is 0 Å². The first-order valence-electron chi connectivity index (χ1n) is 9.17. The zero-order valence-electron chi connectivity index (χ0n) is 15.4. The molecular weight excluding hydrogens is 354 g/mol. The van der Waals surface area contributed by atoms with Gasteiger partial charge in [-0.3, -0.25) is 4.79 Å². The fraction of sp³-hybridized carbons (Fsp3) is 0.632. The number of ether oxygens (including phenoxy) is 1. The minimum atomic E-state index is -3.04. The summed E-state index contributed by atoms with van der Waals surface area (Å²) in [5, 5.41) is 0. The molecule has 144 valence electrons. The van der Waals surface area contributed by atoms with Crippen molar-refractivity contribution in [3.05, 3.63) is 29.7 Å². The molecule has 0 radical (unpaired) electrons. The molecule has 1 aliphatic carbocycles. The van der Waals surface area contributed by atoms with Crippen molar-refractivity contribution >= 4 is 21.8 Å². The summed E-state index contributed by atoms with van der Waals surface area (Å²) in [4.78, 5) is 14.3. The maximum absolute atomic E-state index is 12.7. The molecular formula is C19H27NO5S. The van der Waals surface area contributed by atoms with Gasteiger partial charge in [0, 0.05) is 38.3 Å². The van der Waals surface area contributed by atoms with E-state index in [1.165, 1.54) is 6.08 Å². The number of methoxy groups -OCH3 is 1. The van der Waals surface area contributed by atoms with E-state index in [0.29, 0.717) is 43.6 Å². The van der Waals surface area contributed by atoms with Crippen molar-refractivity contribution in [2.24, 2.45) is 5.92 Å². The van der Waals surface area contributed by atoms with Gasteiger partial charge < -0.3 is 14.1 Å². The molecule has 0 spiro atoms. The summed E-state index contributed by atoms with van der Waals surface area (Å²) in [6, 6.07) is 3.59. The molecule has 3 rings (SSSR count). The highest BCUT2D eigenvalue weighted by atomic mass is 32.2. The average molecular weight is 381 g/mol. The van der Waals surface area contributed by atoms with Gasteiger partial charge in [-0.05, 0) is 43.4 Å². The van der Waals surface area contributed by atoms with Crippen molar-refractivity contribution in [3.8, 4) is 0 Å². The highest BCUT2D eigenvalue weighted by Gasteiger charge is 2.36. The first kappa shape index (κ1) is 19.2. The summed E-state index contributed by atoms with van der Waals surface area (Å²) in [5.74, 6) is 2.82. The predicted octanol–water partition coefficient (Wildman–Crippen LogP) is 2.47. The van der Waals surface area contributed by atoms with Gasteiger partial charge in [0.05, 0.1) is 11.5 Å². The minimum absolute atomic E-state index is 0.0457. The third-order valence-corrected chi connectivity index (χ3v) is 6.94. The normalized spacial score (nSPS) is 27.1. The molecule has 6 nitrogen and oxygen atoms in total. The van der Waals surface area contributed by atoms with Crippen molar-refractivity contribution in [2.75, 3.05) is 31.8 Å². The van der Waals surface area contributed by atoms with Crippen LogP contribution in [0.5, 0.6) is 0 Å². The predicted molar refractivity (Wildman–Crippen MR) is 99.5 cm³/mol. The highest BCUT2D eigenvalue weighted by molar-refractivity contribution is 7.91. The Labute approximate surface area is 155 Å². The van der Waals surface area contributed by atoms with Crippen LogP contribution in [0.3, 0.4) is 0 Å². The Hall–Kier alpha value is -1.60. The third-order valence-electron chi connectivity index (χ3n) is 5.19. The van der Waals surface area contributed by atoms with Crippen molar-refractivity contribution < 1.29 is 22.4 Å². The van der Waals surface area contributed by atoms with Crippen molar-refractivity contribution in [1.82, 2.24) is 4.90 Å². The van der Waals surface area contributed by atoms with E-state index in [-0.39, 0.29) is 23.5 Å². The molecule has 3 unspecified atom stereocenters. The molecule has 1 saturated carbocycles. The number of nitrogens with zero attached hydrogens (tertiary/aromatic N) is 1. The number of hydrogen-bond donors (Lipinski definition) is 0. The molecule has 1 aliphatic heterocycles. The number of hydrogen-bond acceptors (Lipinski definition) is 5. The Kier molecular flexibility index (Phi) is 5.87. The fourth-order valence-corrected chi connectivity index (χ4v) is 5.23. The summed E-state index contributed by atoms with van der Waals surface area (Å²) in [5.41, 5.74) is 0. The summed E-state index contributed by atoms with van der Waals surface area (Å²) < 4.78 is 34.4. The van der Waals surface area contributed by atoms with Crippen LogP contribution < -0.4 is 0 Å². The number of carbonyl (C=O) groups is 1. The van der Waals surface area contributed by atoms with Gasteiger partial charge in [0.1, 0.15) is 11.5 Å². The molecule has 2 aliphatic rings. The van der Waals surface area contributed by atoms with E-state index in [0.717, 1.165) is 12.2 Å². The second-order valence-corrected chi connectivity index (χ2v) is 9.56. The first-order valence-corrected chi connectivity index (χ1v) is 11.0. The van der Waals surface area contributed by atoms with Crippen LogP contribution in [-0.2, 0) is 19.4 Å². The third kappa shape index (κ3) is 4.76. The van der Waals surface area contributed by atoms with E-state index in [4.69, 9.17) is 9.15 Å². The molecule has 1 aromatic rings. The van der Waals surface area contributed by atoms with Crippen molar-refractivity contribution in [3.63, 3.8) is 0 Å². The Balaban J connectivity index is 1.65. The lowest BCUT2D eigenvalue weighted by Gasteiger charge is -2.27. The number of sulfone groups is 1. The summed E-state index contributed by atoms with van der Waals surface area (Å²) in [7, 11) is -1.43. The maximum Gasteiger partial charge on any atom is 0.246 e. The van der Waals surface area contributed by atoms with Gasteiger partial charge in [0.2, 0.25) is 5.91 Å². The number of carbonyl (C=O) groups excluding carboxylic acids is 1. The van der Waals surface area contributed by atoms with Crippen LogP contribution in [0.25, 0.3) is 6.08 Å². The van der Waals surface area contributed by atoms with Gasteiger partial charge in [0.25, 0.3) is 0 Å². The average Bonchev–Trinajstić information content (AvgIpc) is 2.99. The van der Waals surface area contributed by atoms with Crippen LogP contribution in [0.4, 0.5) is 0 Å². The number of furan rings is 1. The topological polar surface area (TPSA) is 76.8 Å². The molecule has 1 saturated heterocycles. The standard InChI is InChI=1S/C19H27NO5S/c1-14-12-17(14)18-6-4-16(25-18)5-7-19(21)20(9-3-10-24-2)15-8-11-26(22,23)13-15/h4-7,14-15,17H,3,8-13H2,1-2H3/b7-5+. The monoisotopic (exact) mass is 381 g/mol. The van der Waals surface area contributed by atoms with Gasteiger partial charge in [-0.15, -0.1) is 0 Å². The van der Waals surface area contributed by atoms with Gasteiger partial charge >= 0.3 is 0 Å². The van der Waals surface area contributed by atoms with Gasteiger partial charge in [-0.1, -0.05) is 6.92 Å². The highest BCUT2D eigenvalue weighted by Crippen LogP contribution is 2.47. The van der Waals surface area contributed by atoms with Gasteiger partial charge in [-0.25, -0.2) is 8.42 Å². The zero-order valence-corrected chi connectivity index (χ0v) is 16.2. The van der Waals surface area contributed by atoms with Crippen LogP contribution in [-0.4, -0.2) is 57.0 Å². The minimum Gasteiger partial charge on any atom is -0.461 e. The van der Waals surface area contributed by atoms with Crippen LogP contribution >= 0.6 is 0 Å². The SMILES string of the molecule is COCCCN(C(=O)/C=C/c1ccc(C2CC2C)o1)C1CCS(=O)(=O)C1. The number of rotatable bonds is 8. The summed E-state index contributed by atoms with van der Waals surface area (Å²) in [6.07, 6.45) is 5.48. The Bertz CT molecular complexity index is 767. The zero-order chi connectivity index (χ0) is 18.7. The largest absolute Gasteiger partial charge is 0.461 e. The molecule has 0 bridgehead atoms. The van der Waals surface area contributed by atoms with Crippen LogP contribution in [0.1, 0.15) is 43.6 Å². The Morgan fingerprint density at radius 1 is 1.42 bits per heavy atom. The molecule has 1 amide bonds. The van der Waals surface area contributed by atoms with E-state index in [1.807, 2.05) is 12.1 Å². The van der Waals surface area contributed by atoms with Crippen molar-refractivity contribution in [1.29, 1.82) is 0 Å². The van der Waals surface area contributed by atoms with E-state index in [1.54, 1.807) is 18.1 Å². The second-order valence-electron chi connectivity index (χ2n) is 7.33. The van der Waals surface area contributed by atoms with Gasteiger partial charge in [0.15, 0.2) is 9.84 Å². The molecule has 3 atom stereocenters. The maximum atomic E-state index is 12.7. The summed E-state index contributed by atoms with van der Waals surface area (Å²) in [6.45, 7) is 3.22. The molecule has 26 heavy (non-hydrogen) atoms. The van der Waals surface area contributed by atoms with E-state index in [9.17, 15) is 13.2 Å². The fourth-order valence-electron chi connectivity index (χ4n) is 3.50. The molecule has 2 heterocycles. The van der Waals surface area contributed by atoms with Crippen LogP contribution in [0, 0.1) is 5.92 Å².